The van der Waals surface area contributed by atoms with E-state index in [-0.39, 0.29) is 18.2 Å². The first-order valence-corrected chi connectivity index (χ1v) is 12.6. The fraction of sp³-hybridized carbons (Fsp3) is 0.0968. The fourth-order valence-corrected chi connectivity index (χ4v) is 5.00. The zero-order valence-corrected chi connectivity index (χ0v) is 21.0. The Bertz CT molecular complexity index is 1720. The predicted molar refractivity (Wildman–Crippen MR) is 150 cm³/mol. The summed E-state index contributed by atoms with van der Waals surface area (Å²) in [5.74, 6) is -0.176. The van der Waals surface area contributed by atoms with E-state index < -0.39 is 5.91 Å². The van der Waals surface area contributed by atoms with E-state index in [0.29, 0.717) is 29.0 Å². The van der Waals surface area contributed by atoms with Gasteiger partial charge in [0.1, 0.15) is 12.2 Å². The lowest BCUT2D eigenvalue weighted by atomic mass is 10.1. The van der Waals surface area contributed by atoms with Crippen molar-refractivity contribution in [1.82, 2.24) is 9.55 Å². The number of carbonyl (C=O) groups excluding carboxylic acids is 3. The topological polar surface area (TPSA) is 110 Å². The third-order valence-electron chi connectivity index (χ3n) is 6.95. The number of anilines is 3. The van der Waals surface area contributed by atoms with Gasteiger partial charge < -0.3 is 15.6 Å². The largest absolute Gasteiger partial charge is 0.366 e. The number of benzene rings is 4. The van der Waals surface area contributed by atoms with Gasteiger partial charge in [-0.25, -0.2) is 4.98 Å². The van der Waals surface area contributed by atoms with Gasteiger partial charge in [-0.3, -0.25) is 19.3 Å². The molecular formula is C31H25N5O3. The number of nitrogens with two attached hydrogens (primary N) is 1. The Labute approximate surface area is 224 Å². The molecule has 8 nitrogen and oxygen atoms in total. The molecule has 4 aromatic carbocycles. The van der Waals surface area contributed by atoms with E-state index in [2.05, 4.69) is 10.3 Å². The van der Waals surface area contributed by atoms with E-state index in [1.165, 1.54) is 0 Å². The van der Waals surface area contributed by atoms with Crippen LogP contribution in [0.1, 0.15) is 28.2 Å². The molecule has 0 saturated heterocycles. The van der Waals surface area contributed by atoms with E-state index >= 15 is 0 Å². The second-order valence-electron chi connectivity index (χ2n) is 9.43. The molecule has 0 fully saturated rings. The van der Waals surface area contributed by atoms with Crippen molar-refractivity contribution in [3.63, 3.8) is 0 Å². The molecule has 0 aliphatic carbocycles. The molecule has 1 aliphatic heterocycles. The van der Waals surface area contributed by atoms with Crippen LogP contribution in [0.3, 0.4) is 0 Å². The van der Waals surface area contributed by atoms with Crippen LogP contribution in [0.15, 0.2) is 97.3 Å². The Morgan fingerprint density at radius 3 is 2.38 bits per heavy atom. The molecule has 0 unspecified atom stereocenters. The molecule has 5 aromatic rings. The Balaban J connectivity index is 1.28. The van der Waals surface area contributed by atoms with Gasteiger partial charge >= 0.3 is 0 Å². The van der Waals surface area contributed by atoms with Gasteiger partial charge in [-0.05, 0) is 59.8 Å². The van der Waals surface area contributed by atoms with Crippen molar-refractivity contribution in [3.05, 3.63) is 114 Å². The molecule has 0 bridgehead atoms. The lowest BCUT2D eigenvalue weighted by Gasteiger charge is -2.23. The molecule has 192 valence electrons. The van der Waals surface area contributed by atoms with Gasteiger partial charge in [-0.2, -0.15) is 0 Å². The highest BCUT2D eigenvalue weighted by atomic mass is 16.2. The van der Waals surface area contributed by atoms with Crippen LogP contribution in [0.25, 0.3) is 16.5 Å². The number of hydrogen-bond donors (Lipinski definition) is 2. The summed E-state index contributed by atoms with van der Waals surface area (Å²) in [7, 11) is 0. The van der Waals surface area contributed by atoms with Crippen molar-refractivity contribution in [2.45, 2.75) is 19.3 Å². The first kappa shape index (κ1) is 24.1. The molecule has 0 spiro atoms. The summed E-state index contributed by atoms with van der Waals surface area (Å²) in [6.07, 6.45) is 4.88. The highest BCUT2D eigenvalue weighted by Crippen LogP contribution is 2.40. The standard InChI is InChI=1S/C31H25N5O3/c32-31(39)22-8-5-20(6-9-22)7-16-27-33-17-18-35(27)23-11-13-24(14-12-23)36-26-15-10-21-3-1-2-4-25(21)30(26)34-28(37)19-29(36)38/h1-6,8-15,17-18H,7,16,19H2,(H2,32,39)(H,34,37). The number of rotatable bonds is 6. The minimum Gasteiger partial charge on any atom is -0.366 e. The number of imidazole rings is 1. The number of nitrogens with zero attached hydrogens (tertiary/aromatic N) is 3. The van der Waals surface area contributed by atoms with Gasteiger partial charge in [0, 0.05) is 41.1 Å². The first-order valence-electron chi connectivity index (χ1n) is 12.6. The minimum absolute atomic E-state index is 0.239. The fourth-order valence-electron chi connectivity index (χ4n) is 5.00. The van der Waals surface area contributed by atoms with Crippen LogP contribution in [0.4, 0.5) is 17.1 Å². The van der Waals surface area contributed by atoms with Crippen molar-refractivity contribution in [1.29, 1.82) is 0 Å². The Morgan fingerprint density at radius 1 is 0.872 bits per heavy atom. The molecule has 6 rings (SSSR count). The van der Waals surface area contributed by atoms with Gasteiger partial charge in [-0.1, -0.05) is 42.5 Å². The summed E-state index contributed by atoms with van der Waals surface area (Å²) in [6, 6.07) is 26.5. The second-order valence-corrected chi connectivity index (χ2v) is 9.43. The van der Waals surface area contributed by atoms with Crippen molar-refractivity contribution in [2.75, 3.05) is 10.2 Å². The number of fused-ring (bicyclic) bond motifs is 3. The zero-order chi connectivity index (χ0) is 26.9. The maximum absolute atomic E-state index is 13.2. The summed E-state index contributed by atoms with van der Waals surface area (Å²) in [5, 5.41) is 4.80. The summed E-state index contributed by atoms with van der Waals surface area (Å²) >= 11 is 0. The van der Waals surface area contributed by atoms with Gasteiger partial charge in [0.05, 0.1) is 11.4 Å². The van der Waals surface area contributed by atoms with Gasteiger partial charge in [-0.15, -0.1) is 0 Å². The minimum atomic E-state index is -0.442. The van der Waals surface area contributed by atoms with E-state index in [9.17, 15) is 14.4 Å². The van der Waals surface area contributed by atoms with Crippen LogP contribution in [0.2, 0.25) is 0 Å². The van der Waals surface area contributed by atoms with Crippen molar-refractivity contribution < 1.29 is 14.4 Å². The van der Waals surface area contributed by atoms with Gasteiger partial charge in [0.15, 0.2) is 0 Å². The van der Waals surface area contributed by atoms with Crippen molar-refractivity contribution in [3.8, 4) is 5.69 Å². The van der Waals surface area contributed by atoms with E-state index in [0.717, 1.165) is 34.3 Å². The SMILES string of the molecule is NC(=O)c1ccc(CCc2nccn2-c2ccc(N3C(=O)CC(=O)Nc4c3ccc3ccccc43)cc2)cc1. The molecule has 39 heavy (non-hydrogen) atoms. The number of amides is 3. The molecule has 1 aromatic heterocycles. The third kappa shape index (κ3) is 4.64. The second kappa shape index (κ2) is 9.90. The highest BCUT2D eigenvalue weighted by molar-refractivity contribution is 6.21. The summed E-state index contributed by atoms with van der Waals surface area (Å²) in [5.41, 5.74) is 9.76. The molecule has 0 atom stereocenters. The van der Waals surface area contributed by atoms with Crippen LogP contribution in [-0.4, -0.2) is 27.3 Å². The number of aromatic nitrogens is 2. The van der Waals surface area contributed by atoms with Gasteiger partial charge in [0.25, 0.3) is 0 Å². The molecule has 3 N–H and O–H groups in total. The summed E-state index contributed by atoms with van der Waals surface area (Å²) < 4.78 is 2.01. The normalized spacial score (nSPS) is 13.2. The lowest BCUT2D eigenvalue weighted by Crippen LogP contribution is -2.26. The summed E-state index contributed by atoms with van der Waals surface area (Å²) in [4.78, 5) is 43.2. The number of hydrogen-bond acceptors (Lipinski definition) is 4. The molecular weight excluding hydrogens is 490 g/mol. The third-order valence-corrected chi connectivity index (χ3v) is 6.95. The van der Waals surface area contributed by atoms with E-state index in [1.807, 2.05) is 83.6 Å². The molecule has 0 radical (unpaired) electrons. The van der Waals surface area contributed by atoms with Crippen LogP contribution in [0.5, 0.6) is 0 Å². The molecule has 3 amide bonds. The average Bonchev–Trinajstić information content (AvgIpc) is 3.37. The monoisotopic (exact) mass is 515 g/mol. The Morgan fingerprint density at radius 2 is 1.62 bits per heavy atom. The quantitative estimate of drug-likeness (QED) is 0.313. The Hall–Kier alpha value is -5.24. The van der Waals surface area contributed by atoms with E-state index in [4.69, 9.17) is 5.73 Å². The highest BCUT2D eigenvalue weighted by Gasteiger charge is 2.28. The molecule has 0 saturated carbocycles. The van der Waals surface area contributed by atoms with Crippen LogP contribution >= 0.6 is 0 Å². The number of carbonyl (C=O) groups is 3. The van der Waals surface area contributed by atoms with Crippen LogP contribution in [0, 0.1) is 0 Å². The molecule has 1 aliphatic rings. The maximum Gasteiger partial charge on any atom is 0.248 e. The van der Waals surface area contributed by atoms with Crippen molar-refractivity contribution in [2.24, 2.45) is 5.73 Å². The smallest absolute Gasteiger partial charge is 0.248 e. The number of primary amides is 1. The Kier molecular flexibility index (Phi) is 6.13. The van der Waals surface area contributed by atoms with E-state index in [1.54, 1.807) is 23.2 Å². The summed E-state index contributed by atoms with van der Waals surface area (Å²) in [6.45, 7) is 0. The molecule has 2 heterocycles. The first-order chi connectivity index (χ1) is 19.0. The maximum atomic E-state index is 13.2. The average molecular weight is 516 g/mol. The predicted octanol–water partition coefficient (Wildman–Crippen LogP) is 4.92. The lowest BCUT2D eigenvalue weighted by molar-refractivity contribution is -0.124. The molecule has 8 heteroatoms. The van der Waals surface area contributed by atoms with Crippen molar-refractivity contribution >= 4 is 45.6 Å². The number of aryl methyl sites for hydroxylation is 2. The number of nitrogens with one attached hydrogen (secondary N) is 1. The van der Waals surface area contributed by atoms with Gasteiger partial charge in [0.2, 0.25) is 17.7 Å². The van der Waals surface area contributed by atoms with Crippen LogP contribution in [-0.2, 0) is 22.4 Å². The van der Waals surface area contributed by atoms with Crippen LogP contribution < -0.4 is 16.0 Å². The zero-order valence-electron chi connectivity index (χ0n) is 21.0.